The first-order valence-electron chi connectivity index (χ1n) is 11.0. The standard InChI is InChI=1S/C22H28N2O6/c25-12-11-24-18-20(27)23(14-6-2-1-3-7-14)10-5-9-22(18)17(19(24)26)16-15(30-22)8-4-13-29-21(16)28/h4-5,8-9,14-18,25H,1-3,6-7,10-13H2/t15-,16+,17-,18?,22-/m0/s1. The third-order valence-electron chi connectivity index (χ3n) is 7.30. The highest BCUT2D eigenvalue weighted by Gasteiger charge is 2.71. The van der Waals surface area contributed by atoms with E-state index in [1.54, 1.807) is 12.2 Å². The van der Waals surface area contributed by atoms with Crippen molar-refractivity contribution >= 4 is 17.8 Å². The molecule has 8 heteroatoms. The highest BCUT2D eigenvalue weighted by Crippen LogP contribution is 2.53. The second-order valence-electron chi connectivity index (χ2n) is 8.84. The van der Waals surface area contributed by atoms with E-state index in [4.69, 9.17) is 9.47 Å². The number of hydrogen-bond donors (Lipinski definition) is 1. The molecule has 4 aliphatic heterocycles. The van der Waals surface area contributed by atoms with Gasteiger partial charge in [0.05, 0.1) is 18.6 Å². The highest BCUT2D eigenvalue weighted by atomic mass is 16.6. The van der Waals surface area contributed by atoms with E-state index in [1.165, 1.54) is 11.3 Å². The number of amides is 2. The molecule has 1 N–H and O–H groups in total. The van der Waals surface area contributed by atoms with E-state index in [0.717, 1.165) is 25.7 Å². The maximum absolute atomic E-state index is 13.8. The number of ether oxygens (including phenoxy) is 2. The number of carbonyl (C=O) groups is 3. The van der Waals surface area contributed by atoms with Crippen LogP contribution in [0.1, 0.15) is 32.1 Å². The van der Waals surface area contributed by atoms with Gasteiger partial charge in [-0.05, 0) is 18.9 Å². The molecule has 0 aromatic carbocycles. The van der Waals surface area contributed by atoms with Crippen LogP contribution in [-0.4, -0.2) is 82.8 Å². The molecule has 8 nitrogen and oxygen atoms in total. The van der Waals surface area contributed by atoms with Crippen LogP contribution in [0, 0.1) is 11.8 Å². The van der Waals surface area contributed by atoms with Crippen molar-refractivity contribution in [2.75, 3.05) is 26.3 Å². The van der Waals surface area contributed by atoms with Crippen LogP contribution < -0.4 is 0 Å². The second-order valence-corrected chi connectivity index (χ2v) is 8.84. The Balaban J connectivity index is 1.57. The summed E-state index contributed by atoms with van der Waals surface area (Å²) < 4.78 is 11.7. The molecule has 5 rings (SSSR count). The van der Waals surface area contributed by atoms with Crippen molar-refractivity contribution in [3.8, 4) is 0 Å². The maximum atomic E-state index is 13.8. The molecule has 4 heterocycles. The van der Waals surface area contributed by atoms with Crippen molar-refractivity contribution < 1.29 is 29.0 Å². The van der Waals surface area contributed by atoms with E-state index < -0.39 is 35.6 Å². The molecule has 2 amide bonds. The molecular formula is C22H28N2O6. The van der Waals surface area contributed by atoms with E-state index in [1.807, 2.05) is 17.1 Å². The monoisotopic (exact) mass is 416 g/mol. The first-order valence-corrected chi connectivity index (χ1v) is 11.0. The van der Waals surface area contributed by atoms with E-state index >= 15 is 0 Å². The number of hydrogen-bond acceptors (Lipinski definition) is 6. The van der Waals surface area contributed by atoms with Crippen molar-refractivity contribution in [3.63, 3.8) is 0 Å². The average Bonchev–Trinajstić information content (AvgIpc) is 3.03. The molecule has 1 aliphatic carbocycles. The minimum Gasteiger partial charge on any atom is -0.461 e. The number of β-amino-alcohol motifs (C(OH)–C–C–N with tert-alkyl or cyclic N) is 1. The Hall–Kier alpha value is -2.19. The van der Waals surface area contributed by atoms with Gasteiger partial charge in [0, 0.05) is 19.1 Å². The molecule has 1 spiro atoms. The fourth-order valence-electron chi connectivity index (χ4n) is 6.06. The van der Waals surface area contributed by atoms with Gasteiger partial charge < -0.3 is 24.4 Å². The Morgan fingerprint density at radius 2 is 1.90 bits per heavy atom. The van der Waals surface area contributed by atoms with Crippen LogP contribution in [0.2, 0.25) is 0 Å². The van der Waals surface area contributed by atoms with Gasteiger partial charge in [-0.25, -0.2) is 0 Å². The quantitative estimate of drug-likeness (QED) is 0.529. The summed E-state index contributed by atoms with van der Waals surface area (Å²) in [7, 11) is 0. The average molecular weight is 416 g/mol. The smallest absolute Gasteiger partial charge is 0.313 e. The summed E-state index contributed by atoms with van der Waals surface area (Å²) in [6.07, 6.45) is 11.9. The number of rotatable bonds is 3. The lowest BCUT2D eigenvalue weighted by Gasteiger charge is -2.39. The van der Waals surface area contributed by atoms with Gasteiger partial charge in [-0.3, -0.25) is 14.4 Å². The molecule has 3 fully saturated rings. The van der Waals surface area contributed by atoms with Gasteiger partial charge in [-0.15, -0.1) is 0 Å². The number of carbonyl (C=O) groups excluding carboxylic acids is 3. The van der Waals surface area contributed by atoms with E-state index in [0.29, 0.717) is 6.54 Å². The molecule has 2 saturated heterocycles. The van der Waals surface area contributed by atoms with Crippen molar-refractivity contribution in [2.45, 2.75) is 55.9 Å². The van der Waals surface area contributed by atoms with Crippen molar-refractivity contribution in [1.29, 1.82) is 0 Å². The number of likely N-dealkylation sites (tertiary alicyclic amines) is 1. The Kier molecular flexibility index (Phi) is 4.94. The first kappa shape index (κ1) is 19.8. The summed E-state index contributed by atoms with van der Waals surface area (Å²) in [4.78, 5) is 43.4. The van der Waals surface area contributed by atoms with Crippen LogP contribution in [0.4, 0.5) is 0 Å². The number of nitrogens with zero attached hydrogens (tertiary/aromatic N) is 2. The predicted molar refractivity (Wildman–Crippen MR) is 105 cm³/mol. The summed E-state index contributed by atoms with van der Waals surface area (Å²) in [5, 5.41) is 9.62. The molecule has 1 unspecified atom stereocenters. The lowest BCUT2D eigenvalue weighted by molar-refractivity contribution is -0.153. The van der Waals surface area contributed by atoms with Gasteiger partial charge in [-0.2, -0.15) is 0 Å². The zero-order valence-electron chi connectivity index (χ0n) is 16.9. The van der Waals surface area contributed by atoms with Crippen LogP contribution in [0.15, 0.2) is 24.3 Å². The Bertz CT molecular complexity index is 803. The molecule has 0 aromatic rings. The SMILES string of the molecule is O=C1OCC=C[C@@H]2O[C@]34C=CCN(C5CCCCC5)C(=O)C3N(CCO)C(=O)[C@@H]4[C@H]12. The van der Waals surface area contributed by atoms with Crippen molar-refractivity contribution in [1.82, 2.24) is 9.80 Å². The second kappa shape index (κ2) is 7.50. The number of aliphatic hydroxyl groups excluding tert-OH is 1. The zero-order chi connectivity index (χ0) is 20.9. The number of esters is 1. The molecular weight excluding hydrogens is 388 g/mol. The number of fused-ring (bicyclic) bond motifs is 2. The Morgan fingerprint density at radius 1 is 1.10 bits per heavy atom. The lowest BCUT2D eigenvalue weighted by Crippen LogP contribution is -2.57. The number of cyclic esters (lactones) is 1. The van der Waals surface area contributed by atoms with Gasteiger partial charge in [0.2, 0.25) is 11.8 Å². The van der Waals surface area contributed by atoms with E-state index in [9.17, 15) is 19.5 Å². The maximum Gasteiger partial charge on any atom is 0.313 e. The largest absolute Gasteiger partial charge is 0.461 e. The highest BCUT2D eigenvalue weighted by molar-refractivity contribution is 5.99. The summed E-state index contributed by atoms with van der Waals surface area (Å²) in [5.41, 5.74) is -1.22. The summed E-state index contributed by atoms with van der Waals surface area (Å²) in [6.45, 7) is 0.390. The predicted octanol–water partition coefficient (Wildman–Crippen LogP) is 0.404. The molecule has 0 radical (unpaired) electrons. The molecule has 5 aliphatic rings. The fraction of sp³-hybridized carbons (Fsp3) is 0.682. The van der Waals surface area contributed by atoms with Gasteiger partial charge >= 0.3 is 5.97 Å². The summed E-state index contributed by atoms with van der Waals surface area (Å²) in [6, 6.07) is -0.733. The van der Waals surface area contributed by atoms with Gasteiger partial charge in [0.25, 0.3) is 0 Å². The normalized spacial score (nSPS) is 38.8. The zero-order valence-corrected chi connectivity index (χ0v) is 16.9. The van der Waals surface area contributed by atoms with Gasteiger partial charge in [-0.1, -0.05) is 37.5 Å². The first-order chi connectivity index (χ1) is 14.6. The third-order valence-corrected chi connectivity index (χ3v) is 7.30. The van der Waals surface area contributed by atoms with Crippen LogP contribution in [0.3, 0.4) is 0 Å². The van der Waals surface area contributed by atoms with Crippen molar-refractivity contribution in [3.05, 3.63) is 24.3 Å². The fourth-order valence-corrected chi connectivity index (χ4v) is 6.06. The third kappa shape index (κ3) is 2.76. The molecule has 0 bridgehead atoms. The summed E-state index contributed by atoms with van der Waals surface area (Å²) >= 11 is 0. The molecule has 162 valence electrons. The van der Waals surface area contributed by atoms with E-state index in [-0.39, 0.29) is 37.6 Å². The molecule has 0 aromatic heterocycles. The summed E-state index contributed by atoms with van der Waals surface area (Å²) in [5.74, 6) is -2.57. The Labute approximate surface area is 175 Å². The topological polar surface area (TPSA) is 96.4 Å². The van der Waals surface area contributed by atoms with Crippen LogP contribution in [0.25, 0.3) is 0 Å². The van der Waals surface area contributed by atoms with Gasteiger partial charge in [0.1, 0.15) is 24.2 Å². The van der Waals surface area contributed by atoms with Crippen molar-refractivity contribution in [2.24, 2.45) is 11.8 Å². The van der Waals surface area contributed by atoms with Gasteiger partial charge in [0.15, 0.2) is 0 Å². The minimum atomic E-state index is -1.22. The van der Waals surface area contributed by atoms with Crippen LogP contribution in [-0.2, 0) is 23.9 Å². The Morgan fingerprint density at radius 3 is 2.67 bits per heavy atom. The molecule has 30 heavy (non-hydrogen) atoms. The lowest BCUT2D eigenvalue weighted by atomic mass is 9.78. The van der Waals surface area contributed by atoms with Crippen LogP contribution >= 0.6 is 0 Å². The molecule has 5 atom stereocenters. The molecule has 1 saturated carbocycles. The minimum absolute atomic E-state index is 0.0332. The van der Waals surface area contributed by atoms with E-state index in [2.05, 4.69) is 0 Å². The number of aliphatic hydroxyl groups is 1. The van der Waals surface area contributed by atoms with Crippen LogP contribution in [0.5, 0.6) is 0 Å².